The van der Waals surface area contributed by atoms with Crippen LogP contribution in [0.4, 0.5) is 0 Å². The van der Waals surface area contributed by atoms with Gasteiger partial charge in [0.15, 0.2) is 0 Å². The zero-order chi connectivity index (χ0) is 13.4. The van der Waals surface area contributed by atoms with E-state index >= 15 is 0 Å². The van der Waals surface area contributed by atoms with E-state index in [0.717, 1.165) is 6.42 Å². The van der Waals surface area contributed by atoms with E-state index in [4.69, 9.17) is 15.3 Å². The fourth-order valence-corrected chi connectivity index (χ4v) is 1.42. The monoisotopic (exact) mass is 242 g/mol. The maximum Gasteiger partial charge on any atom is 0.130 e. The summed E-state index contributed by atoms with van der Waals surface area (Å²) < 4.78 is 5.48. The Morgan fingerprint density at radius 2 is 2.11 bits per heavy atom. The van der Waals surface area contributed by atoms with E-state index in [0.29, 0.717) is 23.5 Å². The van der Waals surface area contributed by atoms with Gasteiger partial charge in [-0.05, 0) is 30.2 Å². The normalized spacial score (nSPS) is 9.11. The molecule has 0 atom stereocenters. The van der Waals surface area contributed by atoms with Crippen molar-refractivity contribution in [2.45, 2.75) is 20.0 Å². The van der Waals surface area contributed by atoms with Crippen molar-refractivity contribution >= 4 is 6.08 Å². The lowest BCUT2D eigenvalue weighted by molar-refractivity contribution is 0.263. The van der Waals surface area contributed by atoms with Crippen LogP contribution in [-0.2, 0) is 6.61 Å². The van der Waals surface area contributed by atoms with Crippen molar-refractivity contribution in [3.05, 3.63) is 34.9 Å². The first kappa shape index (κ1) is 13.8. The van der Waals surface area contributed by atoms with Gasteiger partial charge in [-0.25, -0.2) is 0 Å². The maximum atomic E-state index is 9.26. The quantitative estimate of drug-likeness (QED) is 0.804. The van der Waals surface area contributed by atoms with E-state index in [1.807, 2.05) is 6.92 Å². The average Bonchev–Trinajstić information content (AvgIpc) is 2.42. The van der Waals surface area contributed by atoms with Crippen molar-refractivity contribution in [1.29, 1.82) is 10.5 Å². The van der Waals surface area contributed by atoms with E-state index in [9.17, 15) is 5.11 Å². The first-order valence-corrected chi connectivity index (χ1v) is 5.63. The molecule has 4 nitrogen and oxygen atoms in total. The molecule has 0 fully saturated rings. The molecule has 0 heterocycles. The minimum Gasteiger partial charge on any atom is -0.493 e. The van der Waals surface area contributed by atoms with Crippen molar-refractivity contribution in [3.63, 3.8) is 0 Å². The summed E-state index contributed by atoms with van der Waals surface area (Å²) in [5.41, 5.74) is 1.37. The average molecular weight is 242 g/mol. The Balaban J connectivity index is 3.03. The molecule has 0 aliphatic carbocycles. The summed E-state index contributed by atoms with van der Waals surface area (Å²) in [5.74, 6) is 0.631. The Morgan fingerprint density at radius 1 is 1.39 bits per heavy atom. The van der Waals surface area contributed by atoms with Crippen LogP contribution in [0.1, 0.15) is 24.5 Å². The van der Waals surface area contributed by atoms with E-state index < -0.39 is 0 Å². The summed E-state index contributed by atoms with van der Waals surface area (Å²) in [5, 5.41) is 26.6. The van der Waals surface area contributed by atoms with Gasteiger partial charge >= 0.3 is 0 Å². The number of hydrogen-bond acceptors (Lipinski definition) is 4. The number of rotatable bonds is 5. The number of aliphatic hydroxyl groups excluding tert-OH is 1. The maximum absolute atomic E-state index is 9.26. The zero-order valence-corrected chi connectivity index (χ0v) is 10.2. The number of hydrogen-bond donors (Lipinski definition) is 1. The molecule has 1 N–H and O–H groups in total. The number of ether oxygens (including phenoxy) is 1. The van der Waals surface area contributed by atoms with E-state index in [1.165, 1.54) is 6.08 Å². The molecule has 0 radical (unpaired) electrons. The molecule has 0 unspecified atom stereocenters. The Bertz CT molecular complexity index is 506. The molecular weight excluding hydrogens is 228 g/mol. The number of allylic oxidation sites excluding steroid dienone is 1. The Labute approximate surface area is 106 Å². The van der Waals surface area contributed by atoms with Crippen LogP contribution in [0.5, 0.6) is 5.75 Å². The van der Waals surface area contributed by atoms with Crippen molar-refractivity contribution in [1.82, 2.24) is 0 Å². The number of nitriles is 2. The predicted molar refractivity (Wildman–Crippen MR) is 67.4 cm³/mol. The fraction of sp³-hybridized carbons (Fsp3) is 0.286. The van der Waals surface area contributed by atoms with Gasteiger partial charge in [-0.3, -0.25) is 0 Å². The molecule has 1 rings (SSSR count). The van der Waals surface area contributed by atoms with Gasteiger partial charge in [0.25, 0.3) is 0 Å². The van der Waals surface area contributed by atoms with Gasteiger partial charge in [0.05, 0.1) is 13.2 Å². The molecule has 0 saturated carbocycles. The second-order valence-corrected chi connectivity index (χ2v) is 3.66. The third kappa shape index (κ3) is 3.62. The molecular formula is C14H14N2O2. The number of benzene rings is 1. The molecule has 0 saturated heterocycles. The molecule has 0 amide bonds. The number of aliphatic hydroxyl groups is 1. The molecule has 1 aromatic rings. The molecule has 18 heavy (non-hydrogen) atoms. The van der Waals surface area contributed by atoms with Crippen molar-refractivity contribution in [2.24, 2.45) is 0 Å². The summed E-state index contributed by atoms with van der Waals surface area (Å²) in [6.07, 6.45) is 2.36. The molecule has 0 bridgehead atoms. The van der Waals surface area contributed by atoms with Gasteiger partial charge in [0, 0.05) is 5.56 Å². The lowest BCUT2D eigenvalue weighted by Gasteiger charge is -2.09. The second kappa shape index (κ2) is 7.11. The SMILES string of the molecule is CCCOc1ccc(C=C(C#N)C#N)cc1CO. The fourth-order valence-electron chi connectivity index (χ4n) is 1.42. The van der Waals surface area contributed by atoms with Crippen molar-refractivity contribution in [2.75, 3.05) is 6.61 Å². The van der Waals surface area contributed by atoms with Gasteiger partial charge < -0.3 is 9.84 Å². The van der Waals surface area contributed by atoms with Crippen molar-refractivity contribution < 1.29 is 9.84 Å². The smallest absolute Gasteiger partial charge is 0.130 e. The van der Waals surface area contributed by atoms with E-state index in [2.05, 4.69) is 0 Å². The van der Waals surface area contributed by atoms with Crippen LogP contribution in [0.3, 0.4) is 0 Å². The van der Waals surface area contributed by atoms with Crippen LogP contribution in [0, 0.1) is 22.7 Å². The highest BCUT2D eigenvalue weighted by molar-refractivity contribution is 5.63. The minimum absolute atomic E-state index is 0.0288. The Kier molecular flexibility index (Phi) is 5.44. The molecule has 4 heteroatoms. The second-order valence-electron chi connectivity index (χ2n) is 3.66. The van der Waals surface area contributed by atoms with Crippen LogP contribution in [0.15, 0.2) is 23.8 Å². The summed E-state index contributed by atoms with van der Waals surface area (Å²) in [6.45, 7) is 2.45. The van der Waals surface area contributed by atoms with Crippen LogP contribution >= 0.6 is 0 Å². The predicted octanol–water partition coefficient (Wildman–Crippen LogP) is 2.40. The highest BCUT2D eigenvalue weighted by Gasteiger charge is 2.04. The van der Waals surface area contributed by atoms with Gasteiger partial charge in [-0.1, -0.05) is 13.0 Å². The molecule has 0 spiro atoms. The number of nitrogens with zero attached hydrogens (tertiary/aromatic N) is 2. The molecule has 1 aromatic carbocycles. The van der Waals surface area contributed by atoms with E-state index in [-0.39, 0.29) is 12.2 Å². The van der Waals surface area contributed by atoms with Gasteiger partial charge in [-0.15, -0.1) is 0 Å². The topological polar surface area (TPSA) is 77.0 Å². The molecule has 0 aliphatic rings. The molecule has 92 valence electrons. The summed E-state index contributed by atoms with van der Waals surface area (Å²) >= 11 is 0. The van der Waals surface area contributed by atoms with Crippen LogP contribution in [-0.4, -0.2) is 11.7 Å². The first-order chi connectivity index (χ1) is 8.74. The van der Waals surface area contributed by atoms with Gasteiger partial charge in [0.2, 0.25) is 0 Å². The first-order valence-electron chi connectivity index (χ1n) is 5.63. The standard InChI is InChI=1S/C14H14N2O2/c1-2-5-18-14-4-3-11(7-13(14)10-17)6-12(8-15)9-16/h3-4,6-7,17H,2,5,10H2,1H3. The highest BCUT2D eigenvalue weighted by Crippen LogP contribution is 2.21. The lowest BCUT2D eigenvalue weighted by atomic mass is 10.1. The molecule has 0 aliphatic heterocycles. The van der Waals surface area contributed by atoms with Crippen LogP contribution in [0.25, 0.3) is 6.08 Å². The Hall–Kier alpha value is -2.30. The van der Waals surface area contributed by atoms with Crippen LogP contribution in [0.2, 0.25) is 0 Å². The largest absolute Gasteiger partial charge is 0.493 e. The van der Waals surface area contributed by atoms with Crippen LogP contribution < -0.4 is 4.74 Å². The summed E-state index contributed by atoms with van der Waals surface area (Å²) in [4.78, 5) is 0. The Morgan fingerprint density at radius 3 is 2.67 bits per heavy atom. The molecule has 0 aromatic heterocycles. The summed E-state index contributed by atoms with van der Waals surface area (Å²) in [7, 11) is 0. The lowest BCUT2D eigenvalue weighted by Crippen LogP contribution is -1.99. The highest BCUT2D eigenvalue weighted by atomic mass is 16.5. The van der Waals surface area contributed by atoms with Crippen molar-refractivity contribution in [3.8, 4) is 17.9 Å². The third-order valence-corrected chi connectivity index (χ3v) is 2.27. The van der Waals surface area contributed by atoms with E-state index in [1.54, 1.807) is 30.3 Å². The zero-order valence-electron chi connectivity index (χ0n) is 10.2. The van der Waals surface area contributed by atoms with Gasteiger partial charge in [-0.2, -0.15) is 10.5 Å². The minimum atomic E-state index is -0.144. The third-order valence-electron chi connectivity index (χ3n) is 2.27. The summed E-state index contributed by atoms with van der Waals surface area (Å²) in [6, 6.07) is 8.78. The van der Waals surface area contributed by atoms with Gasteiger partial charge in [0.1, 0.15) is 23.5 Å².